The Balaban J connectivity index is 0.803. The van der Waals surface area contributed by atoms with Crippen LogP contribution in [0, 0.1) is 5.92 Å². The second-order valence-electron chi connectivity index (χ2n) is 15.2. The van der Waals surface area contributed by atoms with E-state index < -0.39 is 0 Å². The van der Waals surface area contributed by atoms with E-state index >= 15 is 0 Å². The van der Waals surface area contributed by atoms with Crippen LogP contribution in [0.3, 0.4) is 0 Å². The Bertz CT molecular complexity index is 2910. The number of anilines is 2. The number of carbonyl (C=O) groups is 1. The van der Waals surface area contributed by atoms with Crippen LogP contribution in [-0.4, -0.2) is 40.0 Å². The molecule has 1 amide bonds. The number of pyridine rings is 2. The number of fused-ring (bicyclic) bond motifs is 3. The highest BCUT2D eigenvalue weighted by atomic mass is 16.5. The number of carbonyl (C=O) groups excluding carboxylic acids is 1. The number of ether oxygens (including phenoxy) is 1. The molecular weight excluding hydrogens is 735 g/mol. The normalized spacial score (nSPS) is 13.9. The first-order chi connectivity index (χ1) is 28.9. The summed E-state index contributed by atoms with van der Waals surface area (Å²) < 4.78 is 9.57. The summed E-state index contributed by atoms with van der Waals surface area (Å²) in [5, 5.41) is 16.0. The van der Waals surface area contributed by atoms with E-state index in [-0.39, 0.29) is 5.91 Å². The van der Waals surface area contributed by atoms with Gasteiger partial charge in [0.05, 0.1) is 0 Å². The average Bonchev–Trinajstić information content (AvgIpc) is 3.80. The molecule has 59 heavy (non-hydrogen) atoms. The van der Waals surface area contributed by atoms with Crippen LogP contribution in [0.2, 0.25) is 0 Å². The number of nitrogens with zero attached hydrogens (tertiary/aromatic N) is 7. The van der Waals surface area contributed by atoms with Crippen LogP contribution in [0.4, 0.5) is 11.9 Å². The van der Waals surface area contributed by atoms with Gasteiger partial charge in [-0.3, -0.25) is 4.79 Å². The Labute approximate surface area is 341 Å². The zero-order chi connectivity index (χ0) is 39.9. The van der Waals surface area contributed by atoms with Gasteiger partial charge in [-0.15, -0.1) is 10.2 Å². The summed E-state index contributed by atoms with van der Waals surface area (Å²) in [6, 6.07) is 40.5. The Morgan fingerprint density at radius 2 is 1.42 bits per heavy atom. The third kappa shape index (κ3) is 7.53. The van der Waals surface area contributed by atoms with E-state index in [1.54, 1.807) is 9.03 Å². The summed E-state index contributed by atoms with van der Waals surface area (Å²) in [6.07, 6.45) is 8.17. The van der Waals surface area contributed by atoms with Crippen molar-refractivity contribution in [2.24, 2.45) is 5.92 Å². The lowest BCUT2D eigenvalue weighted by molar-refractivity contribution is 0.0766. The van der Waals surface area contributed by atoms with Crippen molar-refractivity contribution in [2.45, 2.75) is 39.5 Å². The number of aromatic nitrogens is 6. The Morgan fingerprint density at radius 1 is 0.746 bits per heavy atom. The number of rotatable bonds is 13. The molecule has 0 spiro atoms. The molecule has 1 fully saturated rings. The molecule has 0 atom stereocenters. The molecule has 0 saturated heterocycles. The van der Waals surface area contributed by atoms with Gasteiger partial charge in [0.25, 0.3) is 5.91 Å². The summed E-state index contributed by atoms with van der Waals surface area (Å²) in [6.45, 7) is 7.69. The zero-order valence-electron chi connectivity index (χ0n) is 32.5. The molecule has 10 rings (SSSR count). The molecule has 2 N–H and O–H groups in total. The minimum absolute atomic E-state index is 0.0285. The molecule has 1 saturated carbocycles. The first-order valence-electron chi connectivity index (χ1n) is 19.8. The van der Waals surface area contributed by atoms with Crippen LogP contribution < -0.4 is 15.4 Å². The highest BCUT2D eigenvalue weighted by molar-refractivity contribution is 5.99. The minimum atomic E-state index is 0.0285. The van der Waals surface area contributed by atoms with Gasteiger partial charge in [-0.05, 0) is 120 Å². The Hall–Kier alpha value is -7.53. The average molecular weight is 776 g/mol. The lowest BCUT2D eigenvalue weighted by Crippen LogP contribution is -2.23. The fourth-order valence-corrected chi connectivity index (χ4v) is 7.66. The third-order valence-electron chi connectivity index (χ3n) is 10.8. The van der Waals surface area contributed by atoms with Gasteiger partial charge >= 0.3 is 0 Å². The van der Waals surface area contributed by atoms with E-state index in [2.05, 4.69) is 64.8 Å². The molecule has 0 unspecified atom stereocenters. The Morgan fingerprint density at radius 3 is 2.15 bits per heavy atom. The van der Waals surface area contributed by atoms with Gasteiger partial charge in [0, 0.05) is 53.6 Å². The molecule has 4 aromatic heterocycles. The van der Waals surface area contributed by atoms with Crippen LogP contribution in [0.1, 0.15) is 52.4 Å². The van der Waals surface area contributed by atoms with Gasteiger partial charge < -0.3 is 20.3 Å². The number of hydrogen-bond donors (Lipinski definition) is 2. The van der Waals surface area contributed by atoms with Crippen molar-refractivity contribution in [3.63, 3.8) is 0 Å². The maximum Gasteiger partial charge on any atom is 0.254 e. The lowest BCUT2D eigenvalue weighted by Gasteiger charge is -2.16. The van der Waals surface area contributed by atoms with E-state index in [0.717, 1.165) is 91.4 Å². The number of amides is 1. The first-order valence-corrected chi connectivity index (χ1v) is 19.8. The molecule has 5 heterocycles. The molecule has 290 valence electrons. The molecule has 0 radical (unpaired) electrons. The fourth-order valence-electron chi connectivity index (χ4n) is 7.66. The second kappa shape index (κ2) is 15.1. The SMILES string of the molecule is C=C(Nc1nc2c(-c3ccc4c(c3)CN(Cc3cccc(/C=C(\C)Nc5nc6c(-c7ccc(OCc8ccccc8)cc7)cccn6n5)c3)C4=O)cccn2n1)C1CC1. The van der Waals surface area contributed by atoms with Crippen LogP contribution in [0.5, 0.6) is 5.75 Å². The van der Waals surface area contributed by atoms with Crippen molar-refractivity contribution in [1.29, 1.82) is 0 Å². The van der Waals surface area contributed by atoms with Gasteiger partial charge in [-0.2, -0.15) is 9.97 Å². The number of nitrogens with one attached hydrogen (secondary N) is 2. The standard InChI is InChI=1S/C48H41N9O2/c1-31(49-47-51-44-41(13-7-23-56(44)53-47)37-17-20-40(21-18-37)59-30-33-9-4-3-5-10-33)25-34-11-6-12-35(26-34)28-55-29-39-27-38(19-22-43(39)46(55)58)42-14-8-24-57-45(42)52-48(54-57)50-32(2)36-15-16-36/h3-14,17-27,36H,2,15-16,28-30H2,1H3,(H,49,53)(H,50,54)/b31-25+. The molecule has 1 aliphatic heterocycles. The lowest BCUT2D eigenvalue weighted by atomic mass is 10.0. The summed E-state index contributed by atoms with van der Waals surface area (Å²) in [7, 11) is 0. The third-order valence-corrected chi connectivity index (χ3v) is 10.8. The fraction of sp³-hybridized carbons (Fsp3) is 0.146. The first kappa shape index (κ1) is 35.9. The zero-order valence-corrected chi connectivity index (χ0v) is 32.5. The molecule has 1 aliphatic carbocycles. The van der Waals surface area contributed by atoms with E-state index in [9.17, 15) is 4.79 Å². The van der Waals surface area contributed by atoms with Crippen molar-refractivity contribution < 1.29 is 9.53 Å². The van der Waals surface area contributed by atoms with Crippen LogP contribution in [0.25, 0.3) is 39.6 Å². The van der Waals surface area contributed by atoms with E-state index in [1.165, 1.54) is 0 Å². The molecule has 2 aliphatic rings. The van der Waals surface area contributed by atoms with Crippen LogP contribution in [-0.2, 0) is 19.7 Å². The van der Waals surface area contributed by atoms with Gasteiger partial charge in [-0.1, -0.05) is 73.3 Å². The van der Waals surface area contributed by atoms with Gasteiger partial charge in [0.2, 0.25) is 11.9 Å². The van der Waals surface area contributed by atoms with Crippen molar-refractivity contribution in [3.8, 4) is 28.0 Å². The van der Waals surface area contributed by atoms with Crippen molar-refractivity contribution >= 4 is 35.2 Å². The van der Waals surface area contributed by atoms with Gasteiger partial charge in [0.1, 0.15) is 12.4 Å². The molecule has 8 aromatic rings. The van der Waals surface area contributed by atoms with E-state index in [0.29, 0.717) is 37.5 Å². The maximum atomic E-state index is 13.6. The van der Waals surface area contributed by atoms with Crippen molar-refractivity contribution in [2.75, 3.05) is 10.6 Å². The largest absolute Gasteiger partial charge is 0.489 e. The predicted octanol–water partition coefficient (Wildman–Crippen LogP) is 9.65. The molecule has 0 bridgehead atoms. The Kier molecular flexibility index (Phi) is 9.17. The second-order valence-corrected chi connectivity index (χ2v) is 15.2. The number of allylic oxidation sites excluding steroid dienone is 2. The summed E-state index contributed by atoms with van der Waals surface area (Å²) in [4.78, 5) is 25.2. The quantitative estimate of drug-likeness (QED) is 0.119. The summed E-state index contributed by atoms with van der Waals surface area (Å²) >= 11 is 0. The predicted molar refractivity (Wildman–Crippen MR) is 230 cm³/mol. The van der Waals surface area contributed by atoms with Crippen molar-refractivity contribution in [1.82, 2.24) is 34.1 Å². The van der Waals surface area contributed by atoms with Gasteiger partial charge in [-0.25, -0.2) is 9.03 Å². The summed E-state index contributed by atoms with van der Waals surface area (Å²) in [5.74, 6) is 2.39. The summed E-state index contributed by atoms with van der Waals surface area (Å²) in [5.41, 5.74) is 12.2. The number of benzene rings is 4. The highest BCUT2D eigenvalue weighted by Gasteiger charge is 2.28. The van der Waals surface area contributed by atoms with Crippen LogP contribution in [0.15, 0.2) is 152 Å². The van der Waals surface area contributed by atoms with Crippen molar-refractivity contribution in [3.05, 3.63) is 180 Å². The molecular formula is C48H41N9O2. The smallest absolute Gasteiger partial charge is 0.254 e. The minimum Gasteiger partial charge on any atom is -0.489 e. The maximum absolute atomic E-state index is 13.6. The number of hydrogen-bond acceptors (Lipinski definition) is 8. The highest BCUT2D eigenvalue weighted by Crippen LogP contribution is 2.36. The molecule has 4 aromatic carbocycles. The molecule has 11 nitrogen and oxygen atoms in total. The van der Waals surface area contributed by atoms with Crippen LogP contribution >= 0.6 is 0 Å². The topological polar surface area (TPSA) is 114 Å². The monoisotopic (exact) mass is 775 g/mol. The van der Waals surface area contributed by atoms with E-state index in [4.69, 9.17) is 19.8 Å². The molecule has 11 heteroatoms. The van der Waals surface area contributed by atoms with E-state index in [1.807, 2.05) is 109 Å². The van der Waals surface area contributed by atoms with Gasteiger partial charge in [0.15, 0.2) is 11.3 Å².